The fourth-order valence-corrected chi connectivity index (χ4v) is 4.77. The number of rotatable bonds is 4. The number of benzene rings is 3. The number of halogens is 5. The second-order valence-electron chi connectivity index (χ2n) is 8.93. The van der Waals surface area contributed by atoms with Gasteiger partial charge in [-0.25, -0.2) is 13.2 Å². The lowest BCUT2D eigenvalue weighted by Gasteiger charge is -2.25. The van der Waals surface area contributed by atoms with Crippen LogP contribution < -0.4 is 0 Å². The van der Waals surface area contributed by atoms with Crippen molar-refractivity contribution in [1.29, 1.82) is 0 Å². The van der Waals surface area contributed by atoms with E-state index >= 15 is 0 Å². The molecule has 3 aromatic carbocycles. The number of hydrogen-bond acceptors (Lipinski definition) is 0. The van der Waals surface area contributed by atoms with Crippen molar-refractivity contribution in [1.82, 2.24) is 0 Å². The Balaban J connectivity index is 1.56. The van der Waals surface area contributed by atoms with Crippen molar-refractivity contribution in [3.63, 3.8) is 0 Å². The van der Waals surface area contributed by atoms with E-state index in [0.717, 1.165) is 24.8 Å². The highest BCUT2D eigenvalue weighted by atomic mass is 19.3. The first-order chi connectivity index (χ1) is 16.4. The van der Waals surface area contributed by atoms with Crippen molar-refractivity contribution in [3.8, 4) is 23.0 Å². The molecule has 0 spiro atoms. The molecule has 0 atom stereocenters. The van der Waals surface area contributed by atoms with Crippen LogP contribution in [0.4, 0.5) is 22.0 Å². The maximum absolute atomic E-state index is 14.9. The van der Waals surface area contributed by atoms with Gasteiger partial charge in [0.25, 0.3) is 6.08 Å². The van der Waals surface area contributed by atoms with Gasteiger partial charge in [-0.05, 0) is 66.8 Å². The quantitative estimate of drug-likeness (QED) is 0.265. The number of hydrogen-bond donors (Lipinski definition) is 0. The molecule has 34 heavy (non-hydrogen) atoms. The first-order valence-electron chi connectivity index (χ1n) is 11.6. The zero-order valence-corrected chi connectivity index (χ0v) is 18.9. The van der Waals surface area contributed by atoms with Gasteiger partial charge >= 0.3 is 0 Å². The third kappa shape index (κ3) is 5.33. The molecule has 1 aliphatic rings. The average molecular weight is 469 g/mol. The Hall–Kier alpha value is -3.13. The van der Waals surface area contributed by atoms with E-state index in [0.29, 0.717) is 17.0 Å². The molecule has 4 rings (SSSR count). The number of fused-ring (bicyclic) bond motifs is 1. The average Bonchev–Trinajstić information content (AvgIpc) is 2.81. The standard InChI is InChI=1S/C29H25F5/c1-2-3-18-4-6-19(7-5-18)8-9-20-10-12-23(26(30)14-20)21-11-13-24-22(15-21)16-27(31)25(29(24)34)17-28(32)33/h10-19H,2-7H2,1H3. The van der Waals surface area contributed by atoms with Crippen molar-refractivity contribution >= 4 is 16.8 Å². The molecule has 176 valence electrons. The van der Waals surface area contributed by atoms with Crippen LogP contribution in [0.2, 0.25) is 0 Å². The summed E-state index contributed by atoms with van der Waals surface area (Å²) in [5.74, 6) is 4.84. The second kappa shape index (κ2) is 10.4. The first-order valence-corrected chi connectivity index (χ1v) is 11.6. The Bertz CT molecular complexity index is 1280. The van der Waals surface area contributed by atoms with Gasteiger partial charge in [0.1, 0.15) is 17.5 Å². The van der Waals surface area contributed by atoms with Gasteiger partial charge in [0.2, 0.25) is 0 Å². The van der Waals surface area contributed by atoms with E-state index in [2.05, 4.69) is 18.8 Å². The maximum Gasteiger partial charge on any atom is 0.271 e. The van der Waals surface area contributed by atoms with E-state index in [4.69, 9.17) is 0 Å². The predicted molar refractivity (Wildman–Crippen MR) is 127 cm³/mol. The minimum absolute atomic E-state index is 0.0193. The van der Waals surface area contributed by atoms with Crippen LogP contribution in [0.5, 0.6) is 0 Å². The van der Waals surface area contributed by atoms with Crippen molar-refractivity contribution in [2.45, 2.75) is 45.4 Å². The summed E-state index contributed by atoms with van der Waals surface area (Å²) in [5, 5.41) is 0.139. The van der Waals surface area contributed by atoms with E-state index < -0.39 is 29.1 Å². The molecule has 3 aromatic rings. The zero-order valence-electron chi connectivity index (χ0n) is 18.9. The largest absolute Gasteiger partial charge is 0.271 e. The van der Waals surface area contributed by atoms with Crippen LogP contribution >= 0.6 is 0 Å². The summed E-state index contributed by atoms with van der Waals surface area (Å²) in [6.45, 7) is 2.21. The fraction of sp³-hybridized carbons (Fsp3) is 0.310. The van der Waals surface area contributed by atoms with Crippen LogP contribution in [0.25, 0.3) is 28.0 Å². The van der Waals surface area contributed by atoms with Crippen molar-refractivity contribution in [2.24, 2.45) is 11.8 Å². The molecule has 0 bridgehead atoms. The van der Waals surface area contributed by atoms with Crippen LogP contribution in [0.1, 0.15) is 56.6 Å². The zero-order chi connectivity index (χ0) is 24.2. The molecule has 0 nitrogen and oxygen atoms in total. The van der Waals surface area contributed by atoms with Crippen LogP contribution in [0.15, 0.2) is 48.5 Å². The SMILES string of the molecule is CCCC1CCC(C#Cc2ccc(-c3ccc4c(F)c(C=C(F)F)c(F)cc4c3)c(F)c2)CC1. The van der Waals surface area contributed by atoms with Gasteiger partial charge in [0.05, 0.1) is 5.56 Å². The van der Waals surface area contributed by atoms with Crippen molar-refractivity contribution < 1.29 is 22.0 Å². The highest BCUT2D eigenvalue weighted by Gasteiger charge is 2.19. The molecule has 0 N–H and O–H groups in total. The Labute approximate surface area is 196 Å². The van der Waals surface area contributed by atoms with E-state index in [1.807, 2.05) is 0 Å². The van der Waals surface area contributed by atoms with E-state index in [-0.39, 0.29) is 22.4 Å². The van der Waals surface area contributed by atoms with Crippen LogP contribution in [0, 0.1) is 41.1 Å². The minimum Gasteiger partial charge on any atom is -0.206 e. The summed E-state index contributed by atoms with van der Waals surface area (Å²) in [6.07, 6.45) is 5.02. The van der Waals surface area contributed by atoms with Crippen molar-refractivity contribution in [3.05, 3.63) is 77.1 Å². The molecule has 1 saturated carbocycles. The van der Waals surface area contributed by atoms with E-state index in [9.17, 15) is 22.0 Å². The Morgan fingerprint density at radius 3 is 2.38 bits per heavy atom. The van der Waals surface area contributed by atoms with Gasteiger partial charge in [-0.3, -0.25) is 0 Å². The Morgan fingerprint density at radius 1 is 0.941 bits per heavy atom. The lowest BCUT2D eigenvalue weighted by Crippen LogP contribution is -2.13. The molecular weight excluding hydrogens is 443 g/mol. The molecule has 1 fully saturated rings. The van der Waals surface area contributed by atoms with Crippen molar-refractivity contribution in [2.75, 3.05) is 0 Å². The lowest BCUT2D eigenvalue weighted by molar-refractivity contribution is 0.300. The molecule has 1 aliphatic carbocycles. The molecule has 0 unspecified atom stereocenters. The molecular formula is C29H25F5. The van der Waals surface area contributed by atoms with Crippen LogP contribution in [0.3, 0.4) is 0 Å². The van der Waals surface area contributed by atoms with Gasteiger partial charge in [-0.2, -0.15) is 8.78 Å². The van der Waals surface area contributed by atoms with Gasteiger partial charge in [-0.1, -0.05) is 49.8 Å². The highest BCUT2D eigenvalue weighted by molar-refractivity contribution is 5.90. The van der Waals surface area contributed by atoms with E-state index in [1.54, 1.807) is 12.1 Å². The van der Waals surface area contributed by atoms with E-state index in [1.165, 1.54) is 49.9 Å². The Morgan fingerprint density at radius 2 is 1.71 bits per heavy atom. The predicted octanol–water partition coefficient (Wildman–Crippen LogP) is 9.12. The van der Waals surface area contributed by atoms with Gasteiger partial charge in [0.15, 0.2) is 0 Å². The van der Waals surface area contributed by atoms with Gasteiger partial charge in [0, 0.05) is 28.5 Å². The summed E-state index contributed by atoms with van der Waals surface area (Å²) in [7, 11) is 0. The third-order valence-corrected chi connectivity index (χ3v) is 6.56. The molecule has 0 radical (unpaired) electrons. The maximum atomic E-state index is 14.9. The molecule has 0 heterocycles. The molecule has 0 saturated heterocycles. The minimum atomic E-state index is -2.19. The first kappa shape index (κ1) is 24.0. The lowest BCUT2D eigenvalue weighted by atomic mass is 9.80. The monoisotopic (exact) mass is 468 g/mol. The fourth-order valence-electron chi connectivity index (χ4n) is 4.77. The van der Waals surface area contributed by atoms with Gasteiger partial charge in [-0.15, -0.1) is 0 Å². The summed E-state index contributed by atoms with van der Waals surface area (Å²) in [6, 6.07) is 9.95. The van der Waals surface area contributed by atoms with Gasteiger partial charge < -0.3 is 0 Å². The van der Waals surface area contributed by atoms with Crippen LogP contribution in [-0.4, -0.2) is 0 Å². The summed E-state index contributed by atoms with van der Waals surface area (Å²) < 4.78 is 68.7. The molecule has 0 aromatic heterocycles. The molecule has 0 amide bonds. The smallest absolute Gasteiger partial charge is 0.206 e. The Kier molecular flexibility index (Phi) is 7.36. The molecule has 5 heteroatoms. The summed E-state index contributed by atoms with van der Waals surface area (Å²) in [5.41, 5.74) is 0.484. The summed E-state index contributed by atoms with van der Waals surface area (Å²) >= 11 is 0. The second-order valence-corrected chi connectivity index (χ2v) is 8.93. The summed E-state index contributed by atoms with van der Waals surface area (Å²) in [4.78, 5) is 0. The highest BCUT2D eigenvalue weighted by Crippen LogP contribution is 2.33. The van der Waals surface area contributed by atoms with Crippen LogP contribution in [-0.2, 0) is 0 Å². The molecule has 0 aliphatic heterocycles. The topological polar surface area (TPSA) is 0 Å². The normalized spacial score (nSPS) is 17.8. The third-order valence-electron chi connectivity index (χ3n) is 6.56.